The number of aryl methyl sites for hydroxylation is 4. The van der Waals surface area contributed by atoms with Gasteiger partial charge in [0.1, 0.15) is 11.6 Å². The number of aliphatic carboxylic acids is 1. The highest BCUT2D eigenvalue weighted by atomic mass is 35.5. The van der Waals surface area contributed by atoms with Gasteiger partial charge in [-0.3, -0.25) is 28.7 Å². The van der Waals surface area contributed by atoms with Crippen molar-refractivity contribution in [2.75, 3.05) is 65.5 Å². The van der Waals surface area contributed by atoms with Crippen molar-refractivity contribution in [1.82, 2.24) is 19.7 Å². The van der Waals surface area contributed by atoms with E-state index in [2.05, 4.69) is 78.8 Å². The average Bonchev–Trinajstić information content (AvgIpc) is 1.53. The third-order valence-electron chi connectivity index (χ3n) is 30.7. The van der Waals surface area contributed by atoms with Gasteiger partial charge in [-0.25, -0.2) is 32.8 Å². The molecule has 4 amide bonds. The van der Waals surface area contributed by atoms with Crippen molar-refractivity contribution in [3.05, 3.63) is 401 Å². The second-order valence-corrected chi connectivity index (χ2v) is 43.9. The monoisotopic (exact) mass is 2090 g/mol. The van der Waals surface area contributed by atoms with Gasteiger partial charge in [0.25, 0.3) is 0 Å². The summed E-state index contributed by atoms with van der Waals surface area (Å²) in [5, 5.41) is 56.3. The molecule has 0 bridgehead atoms. The van der Waals surface area contributed by atoms with E-state index in [1.165, 1.54) is 6.26 Å². The van der Waals surface area contributed by atoms with Crippen LogP contribution in [0, 0.1) is 20.8 Å². The number of fused-ring (bicyclic) bond motifs is 8. The van der Waals surface area contributed by atoms with Gasteiger partial charge >= 0.3 is 23.9 Å². The summed E-state index contributed by atoms with van der Waals surface area (Å²) in [6, 6.07) is 86.1. The number of sulfone groups is 1. The summed E-state index contributed by atoms with van der Waals surface area (Å²) >= 11 is 26.8. The molecule has 8 aliphatic rings. The molecule has 24 nitrogen and oxygen atoms in total. The van der Waals surface area contributed by atoms with Gasteiger partial charge in [-0.2, -0.15) is 5.10 Å². The van der Waals surface area contributed by atoms with Crippen LogP contribution in [0.3, 0.4) is 0 Å². The van der Waals surface area contributed by atoms with Crippen LogP contribution in [0.5, 0.6) is 0 Å². The lowest BCUT2D eigenvalue weighted by atomic mass is 9.89. The Morgan fingerprint density at radius 3 is 0.973 bits per heavy atom. The zero-order valence-electron chi connectivity index (χ0n) is 82.6. The number of benzene rings is 13. The van der Waals surface area contributed by atoms with Crippen molar-refractivity contribution in [2.24, 2.45) is 7.05 Å². The number of hydrogen-bond donors (Lipinski definition) is 8. The number of hydrogen-bond acceptors (Lipinski definition) is 15. The second kappa shape index (κ2) is 38.2. The normalized spacial score (nSPS) is 19.5. The van der Waals surface area contributed by atoms with E-state index in [1.54, 1.807) is 86.2 Å². The molecule has 7 heterocycles. The number of halogens is 4. The summed E-state index contributed by atoms with van der Waals surface area (Å²) in [7, 11) is 6.35. The standard InChI is InChI=1S/2C31H26ClN3O3.C31H24ClNO5S.C28H22ClN3O3/c1-17-4-5-21(12-22(17)29(36)37)25-16-31(25)24-14-23(26(32)15-27(24)34-30(31)38)19-8-6-18(7-9-19)20-10-11-33-28(13-20)35(2)3;1-35(2)28-14-21(10-11-33-28)19-6-8-20(9-7-19)23-15-24-27(16-26(23)32)34-30(38)31(24)17-25(31)22-5-3-4-18(12-22)13-29(36)37;1-17-7-8-20(13-22(17)29(34)35)25-16-31(25)24-14-23(26(32)15-27(24)33-30(31)36)19-11-9-18(10-12-19)21-5-3-4-6-28(21)39(2,37)38;1-15-3-4-18(9-20(15)26(33)34)23-12-28(23)22-10-21(24(29)11-25(22)31-27(28)35)17-7-5-16(6-8-17)19-13-30-32(2)14-19/h4-15,25H,16H2,1-3H3,(H,34,38)(H,36,37);3-12,14-16,25H,13,17H2,1-2H3,(H,34,38)(H,36,37);3-15,25H,16H2,1-2H3,(H,33,36)(H,34,35);3-11,13-14,23H,12H2,1-2H3,(H,31,35)(H,33,34). The Morgan fingerprint density at radius 1 is 0.367 bits per heavy atom. The Morgan fingerprint density at radius 2 is 0.673 bits per heavy atom. The first-order valence-electron chi connectivity index (χ1n) is 48.6. The SMILES string of the molecule is CN(C)c1cc(-c2ccc(-c3cc4c(cc3Cl)NC(=O)C43CC3c3cccc(CC(=O)O)c3)cc2)ccn1.Cc1ccc(C2CC23C(=O)Nc2cc(Cl)c(-c4ccc(-c5ccccc5S(C)(=O)=O)cc4)cc23)cc1C(=O)O.Cc1ccc(C2CC23C(=O)Nc2cc(Cl)c(-c4ccc(-c5ccnc(N(C)C)c5)cc4)cc23)cc1C(=O)O.Cc1ccc(C2CC23C(=O)Nc2cc(Cl)c(-c4ccc(-c5cnn(C)c5)cc4)cc23)cc1C(=O)O. The van der Waals surface area contributed by atoms with E-state index in [4.69, 9.17) is 46.4 Å². The molecule has 24 rings (SSSR count). The highest BCUT2D eigenvalue weighted by Crippen LogP contribution is 2.70. The molecule has 4 aliphatic heterocycles. The van der Waals surface area contributed by atoms with Crippen LogP contribution in [0.15, 0.2) is 303 Å². The molecule has 13 aromatic carbocycles. The molecule has 0 radical (unpaired) electrons. The molecule has 4 aliphatic carbocycles. The maximum atomic E-state index is 13.2. The minimum Gasteiger partial charge on any atom is -0.481 e. The fourth-order valence-corrected chi connectivity index (χ4v) is 24.3. The maximum Gasteiger partial charge on any atom is 0.335 e. The summed E-state index contributed by atoms with van der Waals surface area (Å²) in [5.41, 5.74) is 25.7. The smallest absolute Gasteiger partial charge is 0.335 e. The Bertz CT molecular complexity index is 8550. The van der Waals surface area contributed by atoms with E-state index >= 15 is 0 Å². The summed E-state index contributed by atoms with van der Waals surface area (Å²) in [6.07, 6.45) is 11.1. The molecule has 3 aromatic heterocycles. The molecular formula is C121H98Cl4N10O14S. The highest BCUT2D eigenvalue weighted by molar-refractivity contribution is 7.90. The van der Waals surface area contributed by atoms with E-state index in [1.807, 2.05) is 240 Å². The van der Waals surface area contributed by atoms with Gasteiger partial charge in [0.2, 0.25) is 23.6 Å². The Kier molecular flexibility index (Phi) is 25.4. The van der Waals surface area contributed by atoms with Crippen LogP contribution >= 0.6 is 46.4 Å². The molecule has 8 N–H and O–H groups in total. The first kappa shape index (κ1) is 99.8. The first-order valence-corrected chi connectivity index (χ1v) is 52.1. The predicted octanol–water partition coefficient (Wildman–Crippen LogP) is 24.9. The second-order valence-electron chi connectivity index (χ2n) is 40.3. The van der Waals surface area contributed by atoms with E-state index in [0.717, 1.165) is 162 Å². The van der Waals surface area contributed by atoms with Gasteiger partial charge in [-0.05, 0) is 266 Å². The van der Waals surface area contributed by atoms with Crippen LogP contribution < -0.4 is 31.1 Å². The maximum absolute atomic E-state index is 13.2. The molecule has 150 heavy (non-hydrogen) atoms. The number of aromatic nitrogens is 4. The van der Waals surface area contributed by atoms with Crippen molar-refractivity contribution < 1.29 is 67.2 Å². The molecule has 750 valence electrons. The minimum atomic E-state index is -3.40. The zero-order chi connectivity index (χ0) is 106. The molecule has 8 atom stereocenters. The third kappa shape index (κ3) is 17.9. The molecule has 4 spiro atoms. The lowest BCUT2D eigenvalue weighted by Crippen LogP contribution is -2.21. The van der Waals surface area contributed by atoms with Crippen molar-refractivity contribution in [1.29, 1.82) is 0 Å². The molecular weight excluding hydrogens is 1990 g/mol. The number of pyridine rings is 2. The molecule has 4 fully saturated rings. The Balaban J connectivity index is 0.000000117. The summed E-state index contributed by atoms with van der Waals surface area (Å²) in [4.78, 5) is 112. The van der Waals surface area contributed by atoms with Crippen LogP contribution in [0.25, 0.3) is 89.0 Å². The lowest BCUT2D eigenvalue weighted by molar-refractivity contribution is -0.136. The van der Waals surface area contributed by atoms with Gasteiger partial charge in [0.15, 0.2) is 9.84 Å². The lowest BCUT2D eigenvalue weighted by Gasteiger charge is -2.14. The van der Waals surface area contributed by atoms with E-state index < -0.39 is 55.4 Å². The van der Waals surface area contributed by atoms with E-state index in [0.29, 0.717) is 73.7 Å². The fraction of sp³-hybridized carbons (Fsp3) is 0.182. The van der Waals surface area contributed by atoms with Crippen LogP contribution in [0.2, 0.25) is 20.1 Å². The van der Waals surface area contributed by atoms with Crippen molar-refractivity contribution in [2.45, 2.75) is 103 Å². The predicted molar refractivity (Wildman–Crippen MR) is 586 cm³/mol. The van der Waals surface area contributed by atoms with E-state index in [9.17, 15) is 67.2 Å². The number of carboxylic acids is 4. The number of carbonyl (C=O) groups is 8. The van der Waals surface area contributed by atoms with Crippen LogP contribution in [0.4, 0.5) is 34.4 Å². The Labute approximate surface area is 884 Å². The van der Waals surface area contributed by atoms with Gasteiger partial charge in [-0.15, -0.1) is 0 Å². The number of nitrogens with one attached hydrogen (secondary N) is 4. The van der Waals surface area contributed by atoms with Gasteiger partial charge < -0.3 is 51.5 Å². The largest absolute Gasteiger partial charge is 0.481 e. The number of rotatable bonds is 20. The highest BCUT2D eigenvalue weighted by Gasteiger charge is 2.69. The fourth-order valence-electron chi connectivity index (χ4n) is 22.3. The topological polar surface area (TPSA) is 350 Å². The van der Waals surface area contributed by atoms with Crippen LogP contribution in [-0.2, 0) is 68.9 Å². The van der Waals surface area contributed by atoms with Gasteiger partial charge in [0, 0.05) is 140 Å². The Hall–Kier alpha value is -16.2. The van der Waals surface area contributed by atoms with Crippen LogP contribution in [0.1, 0.15) is 147 Å². The van der Waals surface area contributed by atoms with Crippen molar-refractivity contribution in [3.8, 4) is 89.0 Å². The average molecular weight is 2090 g/mol. The van der Waals surface area contributed by atoms with Gasteiger partial charge in [0.05, 0.1) is 76.0 Å². The van der Waals surface area contributed by atoms with E-state index in [-0.39, 0.29) is 75.3 Å². The molecule has 29 heteroatoms. The number of carbonyl (C=O) groups excluding carboxylic acids is 4. The van der Waals surface area contributed by atoms with Crippen LogP contribution in [-0.4, -0.2) is 131 Å². The number of aromatic carboxylic acids is 3. The number of anilines is 6. The van der Waals surface area contributed by atoms with Crippen molar-refractivity contribution >= 4 is 138 Å². The quantitative estimate of drug-likeness (QED) is 0.0351. The van der Waals surface area contributed by atoms with Crippen molar-refractivity contribution in [3.63, 3.8) is 0 Å². The molecule has 16 aromatic rings. The summed E-state index contributed by atoms with van der Waals surface area (Å²) < 4.78 is 26.3. The number of nitrogens with zero attached hydrogens (tertiary/aromatic N) is 6. The third-order valence-corrected chi connectivity index (χ3v) is 33.1. The molecule has 8 unspecified atom stereocenters. The summed E-state index contributed by atoms with van der Waals surface area (Å²) in [5.74, 6) is -2.57. The minimum absolute atomic E-state index is 0.00789. The molecule has 4 saturated carbocycles. The first-order chi connectivity index (χ1) is 71.7. The number of carboxylic acid groups (broad SMARTS) is 4. The molecule has 0 saturated heterocycles. The van der Waals surface area contributed by atoms with Gasteiger partial charge in [-0.1, -0.05) is 222 Å². The zero-order valence-corrected chi connectivity index (χ0v) is 86.5. The number of amides is 4. The summed E-state index contributed by atoms with van der Waals surface area (Å²) in [6.45, 7) is 5.32.